The summed E-state index contributed by atoms with van der Waals surface area (Å²) in [5, 5.41) is 10.6. The van der Waals surface area contributed by atoms with Gasteiger partial charge in [0.05, 0.1) is 11.0 Å². The molecule has 0 bridgehead atoms. The Balaban J connectivity index is 1.17. The lowest BCUT2D eigenvalue weighted by Crippen LogP contribution is -1.94. The van der Waals surface area contributed by atoms with Crippen molar-refractivity contribution in [2.45, 2.75) is 0 Å². The molecule has 0 aliphatic heterocycles. The predicted octanol–water partition coefficient (Wildman–Crippen LogP) is 12.8. The number of rotatable bonds is 2. The van der Waals surface area contributed by atoms with E-state index >= 15 is 0 Å². The summed E-state index contributed by atoms with van der Waals surface area (Å²) in [4.78, 5) is 0. The van der Waals surface area contributed by atoms with Crippen molar-refractivity contribution < 1.29 is 0 Å². The van der Waals surface area contributed by atoms with Crippen molar-refractivity contribution in [3.05, 3.63) is 152 Å². The normalized spacial score (nSPS) is 12.3. The van der Waals surface area contributed by atoms with Crippen LogP contribution in [0.15, 0.2) is 152 Å². The highest BCUT2D eigenvalue weighted by Crippen LogP contribution is 2.49. The number of hydrogen-bond donors (Lipinski definition) is 0. The first kappa shape index (κ1) is 24.6. The quantitative estimate of drug-likeness (QED) is 0.186. The van der Waals surface area contributed by atoms with Crippen molar-refractivity contribution in [1.29, 1.82) is 0 Å². The van der Waals surface area contributed by atoms with Crippen LogP contribution in [0.2, 0.25) is 0 Å². The lowest BCUT2D eigenvalue weighted by molar-refractivity contribution is 1.18. The molecule has 0 spiro atoms. The minimum absolute atomic E-state index is 1.18. The molecule has 11 rings (SSSR count). The van der Waals surface area contributed by atoms with Crippen LogP contribution in [0.3, 0.4) is 0 Å². The van der Waals surface area contributed by atoms with Gasteiger partial charge in [-0.1, -0.05) is 115 Å². The molecule has 46 heavy (non-hydrogen) atoms. The zero-order valence-electron chi connectivity index (χ0n) is 24.8. The van der Waals surface area contributed by atoms with Crippen LogP contribution in [0.5, 0.6) is 0 Å². The van der Waals surface area contributed by atoms with E-state index in [2.05, 4.69) is 156 Å². The van der Waals surface area contributed by atoms with Gasteiger partial charge in [0.15, 0.2) is 0 Å². The smallest absolute Gasteiger partial charge is 0.0547 e. The van der Waals surface area contributed by atoms with Gasteiger partial charge in [0.2, 0.25) is 0 Å². The maximum atomic E-state index is 2.46. The Bertz CT molecular complexity index is 2890. The number of benzene rings is 8. The van der Waals surface area contributed by atoms with E-state index in [0.29, 0.717) is 0 Å². The van der Waals surface area contributed by atoms with Crippen molar-refractivity contribution in [2.75, 3.05) is 0 Å². The first-order chi connectivity index (χ1) is 22.8. The third kappa shape index (κ3) is 3.14. The summed E-state index contributed by atoms with van der Waals surface area (Å²) in [6.45, 7) is 0. The Hall–Kier alpha value is -5.70. The number of hydrogen-bond acceptors (Lipinski definition) is 1. The molecule has 212 valence electrons. The van der Waals surface area contributed by atoms with Gasteiger partial charge in [-0.05, 0) is 91.3 Å². The van der Waals surface area contributed by atoms with Gasteiger partial charge in [-0.3, -0.25) is 0 Å². The molecule has 0 saturated carbocycles. The molecule has 0 amide bonds. The number of aromatic nitrogens is 1. The highest BCUT2D eigenvalue weighted by molar-refractivity contribution is 7.26. The van der Waals surface area contributed by atoms with Crippen LogP contribution < -0.4 is 0 Å². The molecular weight excluding hydrogens is 575 g/mol. The molecule has 1 aliphatic rings. The zero-order valence-corrected chi connectivity index (χ0v) is 25.6. The van der Waals surface area contributed by atoms with Crippen LogP contribution in [-0.4, -0.2) is 4.57 Å². The number of nitrogens with zero attached hydrogens (tertiary/aromatic N) is 1. The largest absolute Gasteiger partial charge is 0.309 e. The standard InChI is InChI=1S/C44H25NS/c1-2-12-30-29(11-1)32-16-8-15-31-28(19-20-33(30)42(31)32)26-9-7-10-27(25-26)45-38-17-5-3-13-36(38)43-34-22-24-41-44(35(34)21-23-39(43)45)37-14-4-6-18-40(37)46-41/h1-25H. The molecule has 2 heteroatoms. The third-order valence-electron chi connectivity index (χ3n) is 10.1. The fourth-order valence-electron chi connectivity index (χ4n) is 8.25. The molecule has 0 fully saturated rings. The van der Waals surface area contributed by atoms with E-state index in [1.54, 1.807) is 0 Å². The molecule has 1 aliphatic carbocycles. The molecule has 1 nitrogen and oxygen atoms in total. The van der Waals surface area contributed by atoms with Gasteiger partial charge >= 0.3 is 0 Å². The summed E-state index contributed by atoms with van der Waals surface area (Å²) in [7, 11) is 0. The van der Waals surface area contributed by atoms with Gasteiger partial charge < -0.3 is 4.57 Å². The minimum Gasteiger partial charge on any atom is -0.309 e. The first-order valence-corrected chi connectivity index (χ1v) is 16.7. The average molecular weight is 600 g/mol. The summed E-state index contributed by atoms with van der Waals surface area (Å²) < 4.78 is 5.15. The molecule has 0 unspecified atom stereocenters. The number of thiophene rings is 1. The van der Waals surface area contributed by atoms with Crippen LogP contribution in [0.1, 0.15) is 0 Å². The molecule has 0 radical (unpaired) electrons. The molecule has 0 saturated heterocycles. The Morgan fingerprint density at radius 2 is 1.02 bits per heavy atom. The van der Waals surface area contributed by atoms with Crippen molar-refractivity contribution in [1.82, 2.24) is 4.57 Å². The van der Waals surface area contributed by atoms with Gasteiger partial charge in [-0.15, -0.1) is 11.3 Å². The number of fused-ring (bicyclic) bond motifs is 12. The monoisotopic (exact) mass is 599 g/mol. The summed E-state index contributed by atoms with van der Waals surface area (Å²) in [6, 6.07) is 56.4. The summed E-state index contributed by atoms with van der Waals surface area (Å²) >= 11 is 1.88. The van der Waals surface area contributed by atoms with E-state index in [0.717, 1.165) is 0 Å². The first-order valence-electron chi connectivity index (χ1n) is 15.9. The fraction of sp³-hybridized carbons (Fsp3) is 0. The summed E-state index contributed by atoms with van der Waals surface area (Å²) in [5.74, 6) is 0. The van der Waals surface area contributed by atoms with E-state index in [9.17, 15) is 0 Å². The lowest BCUT2D eigenvalue weighted by atomic mass is 9.94. The highest BCUT2D eigenvalue weighted by atomic mass is 32.1. The van der Waals surface area contributed by atoms with Crippen LogP contribution in [0.25, 0.3) is 103 Å². The minimum atomic E-state index is 1.18. The molecule has 2 aromatic heterocycles. The highest BCUT2D eigenvalue weighted by Gasteiger charge is 2.23. The molecule has 8 aromatic carbocycles. The Kier molecular flexibility index (Phi) is 4.78. The second kappa shape index (κ2) is 8.94. The third-order valence-corrected chi connectivity index (χ3v) is 11.3. The molecular formula is C44H25NS. The average Bonchev–Trinajstić information content (AvgIpc) is 3.77. The summed E-state index contributed by atoms with van der Waals surface area (Å²) in [6.07, 6.45) is 0. The van der Waals surface area contributed by atoms with Gasteiger partial charge in [-0.25, -0.2) is 0 Å². The van der Waals surface area contributed by atoms with Crippen molar-refractivity contribution in [2.24, 2.45) is 0 Å². The lowest BCUT2D eigenvalue weighted by Gasteiger charge is -2.13. The van der Waals surface area contributed by atoms with Crippen LogP contribution in [0, 0.1) is 0 Å². The SMILES string of the molecule is c1cc(-c2ccc3c4c(cccc24)-c2ccccc2-3)cc(-n2c3ccccc3c3c4ccc5sc6ccccc6c5c4ccc32)c1. The topological polar surface area (TPSA) is 4.93 Å². The van der Waals surface area contributed by atoms with Gasteiger partial charge in [0.25, 0.3) is 0 Å². The second-order valence-electron chi connectivity index (χ2n) is 12.4. The number of para-hydroxylation sites is 1. The van der Waals surface area contributed by atoms with Gasteiger partial charge in [0.1, 0.15) is 0 Å². The van der Waals surface area contributed by atoms with Crippen LogP contribution >= 0.6 is 11.3 Å². The predicted molar refractivity (Wildman–Crippen MR) is 199 cm³/mol. The van der Waals surface area contributed by atoms with Gasteiger partial charge in [-0.2, -0.15) is 0 Å². The van der Waals surface area contributed by atoms with Crippen molar-refractivity contribution >= 4 is 74.9 Å². The van der Waals surface area contributed by atoms with Gasteiger partial charge in [0, 0.05) is 36.6 Å². The zero-order chi connectivity index (χ0) is 29.9. The Morgan fingerprint density at radius 3 is 1.93 bits per heavy atom. The fourth-order valence-corrected chi connectivity index (χ4v) is 9.37. The van der Waals surface area contributed by atoms with Crippen LogP contribution in [0.4, 0.5) is 0 Å². The maximum absolute atomic E-state index is 2.46. The second-order valence-corrected chi connectivity index (χ2v) is 13.5. The summed E-state index contributed by atoms with van der Waals surface area (Å²) in [5.41, 5.74) is 11.5. The Labute approximate surface area is 269 Å². The molecule has 2 heterocycles. The molecule has 0 atom stereocenters. The van der Waals surface area contributed by atoms with E-state index in [4.69, 9.17) is 0 Å². The van der Waals surface area contributed by atoms with E-state index in [1.165, 1.54) is 103 Å². The molecule has 10 aromatic rings. The Morgan fingerprint density at radius 1 is 0.348 bits per heavy atom. The maximum Gasteiger partial charge on any atom is 0.0547 e. The van der Waals surface area contributed by atoms with E-state index in [1.807, 2.05) is 11.3 Å². The van der Waals surface area contributed by atoms with Crippen molar-refractivity contribution in [3.63, 3.8) is 0 Å². The van der Waals surface area contributed by atoms with E-state index in [-0.39, 0.29) is 0 Å². The molecule has 0 N–H and O–H groups in total. The van der Waals surface area contributed by atoms with Crippen molar-refractivity contribution in [3.8, 4) is 39.1 Å². The van der Waals surface area contributed by atoms with Crippen LogP contribution in [-0.2, 0) is 0 Å². The van der Waals surface area contributed by atoms with E-state index < -0.39 is 0 Å².